The van der Waals surface area contributed by atoms with Crippen LogP contribution in [0.15, 0.2) is 29.2 Å². The summed E-state index contributed by atoms with van der Waals surface area (Å²) in [5, 5.41) is 0. The Hall–Kier alpha value is -0.140. The van der Waals surface area contributed by atoms with Crippen LogP contribution in [-0.2, 0) is 14.5 Å². The molecule has 0 spiro atoms. The number of halogens is 1. The molecule has 1 rings (SSSR count). The second-order valence-electron chi connectivity index (χ2n) is 2.23. The minimum Gasteiger partial charge on any atom is -0.744 e. The second kappa shape index (κ2) is 3.71. The SMILES string of the molecule is O=S(=O)([O-])c1ccc(CI)cc1. The van der Waals surface area contributed by atoms with Gasteiger partial charge in [0, 0.05) is 4.43 Å². The van der Waals surface area contributed by atoms with Crippen LogP contribution >= 0.6 is 22.6 Å². The molecule has 1 aromatic rings. The lowest BCUT2D eigenvalue weighted by Crippen LogP contribution is -1.97. The summed E-state index contributed by atoms with van der Waals surface area (Å²) >= 11 is 2.16. The van der Waals surface area contributed by atoms with Crippen LogP contribution in [0.3, 0.4) is 0 Å². The van der Waals surface area contributed by atoms with Crippen LogP contribution < -0.4 is 0 Å². The summed E-state index contributed by atoms with van der Waals surface area (Å²) in [6.45, 7) is 0. The van der Waals surface area contributed by atoms with Gasteiger partial charge in [0.05, 0.1) is 4.90 Å². The predicted octanol–water partition coefficient (Wildman–Crippen LogP) is 1.53. The van der Waals surface area contributed by atoms with Gasteiger partial charge >= 0.3 is 0 Å². The molecule has 0 atom stereocenters. The third kappa shape index (κ3) is 2.43. The minimum absolute atomic E-state index is 0.170. The Kier molecular flexibility index (Phi) is 3.08. The van der Waals surface area contributed by atoms with Gasteiger partial charge in [-0.15, -0.1) is 0 Å². The van der Waals surface area contributed by atoms with E-state index in [4.69, 9.17) is 0 Å². The lowest BCUT2D eigenvalue weighted by Gasteiger charge is -2.06. The van der Waals surface area contributed by atoms with E-state index in [-0.39, 0.29) is 4.90 Å². The maximum absolute atomic E-state index is 10.5. The molecule has 0 saturated heterocycles. The zero-order valence-electron chi connectivity index (χ0n) is 6.03. The lowest BCUT2D eigenvalue weighted by molar-refractivity contribution is 0.463. The average Bonchev–Trinajstić information content (AvgIpc) is 2.03. The molecular formula is C7H6IO3S-. The van der Waals surface area contributed by atoms with Crippen molar-refractivity contribution >= 4 is 32.7 Å². The van der Waals surface area contributed by atoms with Gasteiger partial charge in [-0.05, 0) is 17.7 Å². The summed E-state index contributed by atoms with van der Waals surface area (Å²) in [6, 6.07) is 5.93. The highest BCUT2D eigenvalue weighted by molar-refractivity contribution is 14.1. The van der Waals surface area contributed by atoms with E-state index in [2.05, 4.69) is 22.6 Å². The summed E-state index contributed by atoms with van der Waals surface area (Å²) in [7, 11) is -4.28. The number of rotatable bonds is 2. The zero-order valence-corrected chi connectivity index (χ0v) is 9.00. The average molecular weight is 297 g/mol. The molecule has 0 radical (unpaired) electrons. The van der Waals surface area contributed by atoms with Gasteiger partial charge in [-0.2, -0.15) is 0 Å². The second-order valence-corrected chi connectivity index (χ2v) is 4.37. The molecule has 12 heavy (non-hydrogen) atoms. The summed E-state index contributed by atoms with van der Waals surface area (Å²) in [5.41, 5.74) is 1.00. The molecule has 0 aliphatic carbocycles. The molecule has 0 unspecified atom stereocenters. The first-order valence-electron chi connectivity index (χ1n) is 3.15. The topological polar surface area (TPSA) is 57.2 Å². The number of hydrogen-bond donors (Lipinski definition) is 0. The van der Waals surface area contributed by atoms with Crippen LogP contribution in [0, 0.1) is 0 Å². The van der Waals surface area contributed by atoms with E-state index in [0.29, 0.717) is 0 Å². The molecule has 5 heteroatoms. The molecule has 0 aromatic heterocycles. The molecule has 0 bridgehead atoms. The third-order valence-corrected chi connectivity index (χ3v) is 3.10. The molecule has 3 nitrogen and oxygen atoms in total. The van der Waals surface area contributed by atoms with Gasteiger partial charge in [0.25, 0.3) is 0 Å². The molecule has 0 saturated carbocycles. The van der Waals surface area contributed by atoms with E-state index in [0.717, 1.165) is 9.99 Å². The molecule has 66 valence electrons. The van der Waals surface area contributed by atoms with Crippen LogP contribution in [0.25, 0.3) is 0 Å². The van der Waals surface area contributed by atoms with E-state index in [1.165, 1.54) is 12.1 Å². The smallest absolute Gasteiger partial charge is 0.124 e. The zero-order chi connectivity index (χ0) is 9.19. The standard InChI is InChI=1S/C7H7IO3S/c8-5-6-1-3-7(4-2-6)12(9,10)11/h1-4H,5H2,(H,9,10,11)/p-1. The summed E-state index contributed by atoms with van der Waals surface area (Å²) in [5.74, 6) is 0. The fourth-order valence-electron chi connectivity index (χ4n) is 0.745. The van der Waals surface area contributed by atoms with Gasteiger partial charge in [-0.1, -0.05) is 34.7 Å². The van der Waals surface area contributed by atoms with E-state index in [9.17, 15) is 13.0 Å². The number of hydrogen-bond acceptors (Lipinski definition) is 3. The first-order chi connectivity index (χ1) is 5.54. The summed E-state index contributed by atoms with van der Waals surface area (Å²) < 4.78 is 32.2. The Morgan fingerprint density at radius 1 is 1.25 bits per heavy atom. The van der Waals surface area contributed by atoms with E-state index in [1.54, 1.807) is 12.1 Å². The molecule has 0 fully saturated rings. The fourth-order valence-corrected chi connectivity index (χ4v) is 1.72. The highest BCUT2D eigenvalue weighted by atomic mass is 127. The van der Waals surface area contributed by atoms with Crippen molar-refractivity contribution in [1.29, 1.82) is 0 Å². The van der Waals surface area contributed by atoms with Gasteiger partial charge in [0.1, 0.15) is 10.1 Å². The first kappa shape index (κ1) is 9.94. The fraction of sp³-hybridized carbons (Fsp3) is 0.143. The quantitative estimate of drug-likeness (QED) is 0.472. The van der Waals surface area contributed by atoms with Crippen LogP contribution in [0.4, 0.5) is 0 Å². The van der Waals surface area contributed by atoms with Crippen molar-refractivity contribution in [2.45, 2.75) is 9.32 Å². The Bertz CT molecular complexity index is 355. The summed E-state index contributed by atoms with van der Waals surface area (Å²) in [4.78, 5) is -0.170. The van der Waals surface area contributed by atoms with E-state index >= 15 is 0 Å². The molecule has 0 aliphatic rings. The van der Waals surface area contributed by atoms with Crippen molar-refractivity contribution in [2.24, 2.45) is 0 Å². The molecular weight excluding hydrogens is 291 g/mol. The van der Waals surface area contributed by atoms with Crippen LogP contribution in [0.5, 0.6) is 0 Å². The Balaban J connectivity index is 3.09. The monoisotopic (exact) mass is 297 g/mol. The van der Waals surface area contributed by atoms with Gasteiger partial charge in [-0.25, -0.2) is 8.42 Å². The van der Waals surface area contributed by atoms with Crippen molar-refractivity contribution in [3.8, 4) is 0 Å². The molecule has 0 heterocycles. The van der Waals surface area contributed by atoms with Crippen LogP contribution in [0.1, 0.15) is 5.56 Å². The highest BCUT2D eigenvalue weighted by Crippen LogP contribution is 2.11. The van der Waals surface area contributed by atoms with Gasteiger partial charge in [0.2, 0.25) is 0 Å². The Morgan fingerprint density at radius 2 is 1.75 bits per heavy atom. The first-order valence-corrected chi connectivity index (χ1v) is 6.08. The predicted molar refractivity (Wildman–Crippen MR) is 52.1 cm³/mol. The molecule has 0 amide bonds. The van der Waals surface area contributed by atoms with E-state index in [1.807, 2.05) is 0 Å². The molecule has 0 N–H and O–H groups in total. The van der Waals surface area contributed by atoms with E-state index < -0.39 is 10.1 Å². The number of alkyl halides is 1. The normalized spacial score (nSPS) is 11.5. The lowest BCUT2D eigenvalue weighted by atomic mass is 10.2. The van der Waals surface area contributed by atoms with Crippen molar-refractivity contribution in [1.82, 2.24) is 0 Å². The summed E-state index contributed by atoms with van der Waals surface area (Å²) in [6.07, 6.45) is 0. The Labute approximate surface area is 84.7 Å². The molecule has 1 aromatic carbocycles. The maximum Gasteiger partial charge on any atom is 0.124 e. The Morgan fingerprint density at radius 3 is 2.08 bits per heavy atom. The van der Waals surface area contributed by atoms with Gasteiger partial charge in [0.15, 0.2) is 0 Å². The molecule has 0 aliphatic heterocycles. The minimum atomic E-state index is -4.28. The van der Waals surface area contributed by atoms with Crippen LogP contribution in [0.2, 0.25) is 0 Å². The van der Waals surface area contributed by atoms with Crippen molar-refractivity contribution in [3.63, 3.8) is 0 Å². The maximum atomic E-state index is 10.5. The highest BCUT2D eigenvalue weighted by Gasteiger charge is 1.99. The van der Waals surface area contributed by atoms with Gasteiger partial charge in [-0.3, -0.25) is 0 Å². The number of benzene rings is 1. The van der Waals surface area contributed by atoms with Crippen LogP contribution in [-0.4, -0.2) is 13.0 Å². The van der Waals surface area contributed by atoms with Gasteiger partial charge < -0.3 is 4.55 Å². The largest absolute Gasteiger partial charge is 0.744 e. The third-order valence-electron chi connectivity index (χ3n) is 1.37. The van der Waals surface area contributed by atoms with Crippen molar-refractivity contribution in [3.05, 3.63) is 29.8 Å². The van der Waals surface area contributed by atoms with Crippen molar-refractivity contribution in [2.75, 3.05) is 0 Å². The van der Waals surface area contributed by atoms with Crippen molar-refractivity contribution < 1.29 is 13.0 Å².